The molecule has 0 aromatic rings. The topological polar surface area (TPSA) is 195 Å². The molecule has 0 radical (unpaired) electrons. The Kier molecular flexibility index (Phi) is 12.6. The molecule has 0 rings (SSSR count). The molecule has 0 aliphatic rings. The van der Waals surface area contributed by atoms with Gasteiger partial charge in [-0.05, 0) is 0 Å². The molecule has 19 heavy (non-hydrogen) atoms. The molecule has 0 unspecified atom stereocenters. The molecule has 0 saturated heterocycles. The molecular formula is C8H5AlO10. The summed E-state index contributed by atoms with van der Waals surface area (Å²) in [4.78, 5) is 57.7. The van der Waals surface area contributed by atoms with E-state index in [1.165, 1.54) is 0 Å². The summed E-state index contributed by atoms with van der Waals surface area (Å²) in [5.74, 6) is -10.4. The minimum Gasteiger partial charge on any atom is -0.550 e. The van der Waals surface area contributed by atoms with Crippen molar-refractivity contribution in [1.82, 2.24) is 0 Å². The SMILES string of the molecule is O=C([O-])CC(=O)C(=O)[O-].O=C([O-])CC(=O)C(=O)[O-].[Al+3].[H+]. The normalized spacial score (nSPS) is 8.00. The van der Waals surface area contributed by atoms with Crippen LogP contribution in [-0.2, 0) is 28.8 Å². The van der Waals surface area contributed by atoms with Gasteiger partial charge in [-0.3, -0.25) is 9.59 Å². The van der Waals surface area contributed by atoms with Crippen molar-refractivity contribution in [1.29, 1.82) is 0 Å². The third-order valence-corrected chi connectivity index (χ3v) is 1.07. The smallest absolute Gasteiger partial charge is 0.550 e. The third kappa shape index (κ3) is 15.8. The van der Waals surface area contributed by atoms with Crippen molar-refractivity contribution in [2.45, 2.75) is 12.8 Å². The molecule has 0 atom stereocenters. The summed E-state index contributed by atoms with van der Waals surface area (Å²) in [6, 6.07) is 0. The molecule has 11 heteroatoms. The van der Waals surface area contributed by atoms with Crippen LogP contribution in [0.25, 0.3) is 0 Å². The molecule has 0 aromatic heterocycles. The van der Waals surface area contributed by atoms with Crippen LogP contribution in [0, 0.1) is 0 Å². The summed E-state index contributed by atoms with van der Waals surface area (Å²) < 4.78 is 0. The van der Waals surface area contributed by atoms with E-state index in [4.69, 9.17) is 0 Å². The zero-order valence-electron chi connectivity index (χ0n) is 10.1. The standard InChI is InChI=1S/2C4H4O5.Al/c2*5-2(4(8)9)1-3(6)7;/h2*1H2,(H,6,7)(H,8,9);/q;;+3/p-3. The molecule has 0 spiro atoms. The van der Waals surface area contributed by atoms with E-state index in [2.05, 4.69) is 0 Å². The zero-order chi connectivity index (χ0) is 14.9. The van der Waals surface area contributed by atoms with Crippen molar-refractivity contribution in [2.24, 2.45) is 0 Å². The van der Waals surface area contributed by atoms with Gasteiger partial charge >= 0.3 is 18.8 Å². The van der Waals surface area contributed by atoms with Gasteiger partial charge in [0.25, 0.3) is 0 Å². The van der Waals surface area contributed by atoms with E-state index in [1.807, 2.05) is 0 Å². The molecule has 0 amide bonds. The Bertz CT molecular complexity index is 366. The Morgan fingerprint density at radius 2 is 0.842 bits per heavy atom. The van der Waals surface area contributed by atoms with Gasteiger partial charge in [0.1, 0.15) is 11.9 Å². The van der Waals surface area contributed by atoms with Crippen molar-refractivity contribution in [3.05, 3.63) is 0 Å². The fraction of sp³-hybridized carbons (Fsp3) is 0.250. The fourth-order valence-electron chi connectivity index (χ4n) is 0.407. The van der Waals surface area contributed by atoms with Crippen molar-refractivity contribution in [2.75, 3.05) is 0 Å². The Hall–Kier alpha value is -2.25. The minimum atomic E-state index is -2.00. The molecule has 0 fully saturated rings. The predicted molar refractivity (Wildman–Crippen MR) is 46.1 cm³/mol. The summed E-state index contributed by atoms with van der Waals surface area (Å²) in [7, 11) is 0. The molecule has 0 N–H and O–H groups in total. The predicted octanol–water partition coefficient (Wildman–Crippen LogP) is -7.38. The molecular weight excluding hydrogens is 283 g/mol. The molecule has 100 valence electrons. The van der Waals surface area contributed by atoms with Crippen LogP contribution in [0.3, 0.4) is 0 Å². The molecule has 0 heterocycles. The van der Waals surface area contributed by atoms with E-state index in [0.29, 0.717) is 0 Å². The maximum Gasteiger partial charge on any atom is 3.00 e. The molecule has 0 bridgehead atoms. The summed E-state index contributed by atoms with van der Waals surface area (Å²) in [6.45, 7) is 0. The van der Waals surface area contributed by atoms with E-state index in [0.717, 1.165) is 0 Å². The summed E-state index contributed by atoms with van der Waals surface area (Å²) >= 11 is 0. The van der Waals surface area contributed by atoms with Gasteiger partial charge < -0.3 is 39.6 Å². The van der Waals surface area contributed by atoms with Crippen LogP contribution < -0.4 is 20.4 Å². The summed E-state index contributed by atoms with van der Waals surface area (Å²) in [5.41, 5.74) is 0. The van der Waals surface area contributed by atoms with E-state index < -0.39 is 48.3 Å². The third-order valence-electron chi connectivity index (χ3n) is 1.07. The molecule has 10 nitrogen and oxygen atoms in total. The molecule has 0 aliphatic heterocycles. The minimum absolute atomic E-state index is 0. The number of carboxylic acid groups (broad SMARTS) is 4. The molecule has 0 saturated carbocycles. The van der Waals surface area contributed by atoms with Crippen molar-refractivity contribution < 1.29 is 50.6 Å². The average molecular weight is 288 g/mol. The largest absolute Gasteiger partial charge is 3.00 e. The number of ketones is 2. The van der Waals surface area contributed by atoms with Crippen LogP contribution in [0.5, 0.6) is 0 Å². The van der Waals surface area contributed by atoms with Gasteiger partial charge in [0.15, 0.2) is 11.6 Å². The summed E-state index contributed by atoms with van der Waals surface area (Å²) in [6.07, 6.45) is -2.25. The van der Waals surface area contributed by atoms with E-state index in [9.17, 15) is 49.2 Å². The number of carboxylic acids is 4. The van der Waals surface area contributed by atoms with E-state index in [-0.39, 0.29) is 18.8 Å². The molecule has 0 aliphatic carbocycles. The first-order valence-electron chi connectivity index (χ1n) is 3.96. The first kappa shape index (κ1) is 22.0. The maximum absolute atomic E-state index is 9.87. The van der Waals surface area contributed by atoms with E-state index >= 15 is 0 Å². The Balaban J connectivity index is -0.000000116. The van der Waals surface area contributed by atoms with Crippen molar-refractivity contribution in [3.63, 3.8) is 0 Å². The quantitative estimate of drug-likeness (QED) is 0.257. The van der Waals surface area contributed by atoms with Crippen LogP contribution in [0.4, 0.5) is 0 Å². The Morgan fingerprint density at radius 1 is 0.632 bits per heavy atom. The van der Waals surface area contributed by atoms with Crippen molar-refractivity contribution in [3.8, 4) is 0 Å². The number of rotatable bonds is 6. The second-order valence-corrected chi connectivity index (χ2v) is 2.52. The Morgan fingerprint density at radius 3 is 0.895 bits per heavy atom. The van der Waals surface area contributed by atoms with Gasteiger partial charge in [0.05, 0.1) is 12.8 Å². The van der Waals surface area contributed by atoms with Crippen LogP contribution in [-0.4, -0.2) is 52.8 Å². The van der Waals surface area contributed by atoms with Gasteiger partial charge in [-0.2, -0.15) is 0 Å². The van der Waals surface area contributed by atoms with Crippen LogP contribution in [0.1, 0.15) is 14.3 Å². The van der Waals surface area contributed by atoms with Crippen LogP contribution in [0.15, 0.2) is 0 Å². The second kappa shape index (κ2) is 10.9. The second-order valence-electron chi connectivity index (χ2n) is 2.52. The van der Waals surface area contributed by atoms with Gasteiger partial charge in [-0.25, -0.2) is 0 Å². The van der Waals surface area contributed by atoms with Gasteiger partial charge in [0, 0.05) is 11.9 Å². The van der Waals surface area contributed by atoms with E-state index in [1.54, 1.807) is 0 Å². The van der Waals surface area contributed by atoms with Crippen LogP contribution >= 0.6 is 0 Å². The number of carbonyl (C=O) groups excluding carboxylic acids is 6. The fourth-order valence-corrected chi connectivity index (χ4v) is 0.407. The monoisotopic (exact) mass is 288 g/mol. The average Bonchev–Trinajstić information content (AvgIpc) is 2.16. The first-order chi connectivity index (χ1) is 8.07. The Labute approximate surface area is 117 Å². The zero-order valence-corrected chi connectivity index (χ0v) is 10.2. The first-order valence-corrected chi connectivity index (χ1v) is 3.96. The number of Topliss-reactive ketones (excluding diaryl/α,β-unsaturated/α-hetero) is 2. The van der Waals surface area contributed by atoms with Gasteiger partial charge in [0.2, 0.25) is 0 Å². The number of hydrogen-bond acceptors (Lipinski definition) is 10. The number of hydrogen-bond donors (Lipinski definition) is 0. The molecule has 0 aromatic carbocycles. The number of carbonyl (C=O) groups is 6. The van der Waals surface area contributed by atoms with Crippen molar-refractivity contribution >= 4 is 52.8 Å². The van der Waals surface area contributed by atoms with Gasteiger partial charge in [-0.15, -0.1) is 0 Å². The maximum atomic E-state index is 9.87. The number of aliphatic carboxylic acids is 4. The summed E-state index contributed by atoms with van der Waals surface area (Å²) in [5, 5.41) is 37.9. The van der Waals surface area contributed by atoms with Crippen LogP contribution in [0.2, 0.25) is 0 Å². The van der Waals surface area contributed by atoms with Gasteiger partial charge in [-0.1, -0.05) is 0 Å².